The van der Waals surface area contributed by atoms with Crippen LogP contribution in [0, 0.1) is 0 Å². The van der Waals surface area contributed by atoms with Crippen LogP contribution in [0.4, 0.5) is 0 Å². The first-order valence-corrected chi connectivity index (χ1v) is 14.9. The molecule has 0 aliphatic carbocycles. The van der Waals surface area contributed by atoms with Crippen molar-refractivity contribution in [3.05, 3.63) is 24.3 Å². The molecule has 0 heterocycles. The molecule has 0 saturated heterocycles. The number of unbranched alkanes of at least 4 members (excludes halogenated alkanes) is 7. The predicted octanol–water partition coefficient (Wildman–Crippen LogP) is 6.23. The zero-order valence-electron chi connectivity index (χ0n) is 25.3. The van der Waals surface area contributed by atoms with E-state index in [1.165, 1.54) is 32.1 Å². The van der Waals surface area contributed by atoms with E-state index < -0.39 is 18.1 Å². The van der Waals surface area contributed by atoms with Crippen LogP contribution in [0.25, 0.3) is 0 Å². The molecule has 0 bridgehead atoms. The number of carbonyl (C=O) groups excluding carboxylic acids is 2. The molecule has 0 fully saturated rings. The van der Waals surface area contributed by atoms with Gasteiger partial charge in [0.1, 0.15) is 6.61 Å². The number of likely N-dealkylation sites (N-methyl/N-ethyl adjacent to an activating group) is 1. The van der Waals surface area contributed by atoms with Crippen molar-refractivity contribution in [2.24, 2.45) is 0 Å². The highest BCUT2D eigenvalue weighted by Crippen LogP contribution is 2.11. The number of hydrogen-bond donors (Lipinski definition) is 1. The second-order valence-electron chi connectivity index (χ2n) is 11.0. The number of rotatable bonds is 25. The van der Waals surface area contributed by atoms with Gasteiger partial charge in [0, 0.05) is 19.3 Å². The third kappa shape index (κ3) is 22.3. The van der Waals surface area contributed by atoms with Crippen molar-refractivity contribution in [2.75, 3.05) is 41.0 Å². The van der Waals surface area contributed by atoms with Crippen molar-refractivity contribution < 1.29 is 38.2 Å². The lowest BCUT2D eigenvalue weighted by Gasteiger charge is -2.31. The Hall–Kier alpha value is -2.19. The van der Waals surface area contributed by atoms with Gasteiger partial charge < -0.3 is 23.8 Å². The van der Waals surface area contributed by atoms with Crippen LogP contribution in [0.2, 0.25) is 0 Å². The Bertz CT molecular complexity index is 712. The predicted molar refractivity (Wildman–Crippen MR) is 155 cm³/mol. The SMILES string of the molecule is CC/C=C/C/C=C/CCC(=O)OC(COCCC(C(=O)O)[N+](C)(C)C)COC(=O)CCCCCCCCCC. The van der Waals surface area contributed by atoms with Crippen LogP contribution in [0.3, 0.4) is 0 Å². The number of esters is 2. The summed E-state index contributed by atoms with van der Waals surface area (Å²) in [5, 5.41) is 9.49. The van der Waals surface area contributed by atoms with Gasteiger partial charge in [-0.15, -0.1) is 0 Å². The molecule has 2 unspecified atom stereocenters. The van der Waals surface area contributed by atoms with Crippen LogP contribution in [0.1, 0.15) is 104 Å². The van der Waals surface area contributed by atoms with Gasteiger partial charge in [-0.2, -0.15) is 0 Å². The van der Waals surface area contributed by atoms with Gasteiger partial charge in [0.15, 0.2) is 12.1 Å². The molecule has 0 aliphatic rings. The molecule has 0 rings (SSSR count). The second-order valence-corrected chi connectivity index (χ2v) is 11.0. The topological polar surface area (TPSA) is 99.1 Å². The van der Waals surface area contributed by atoms with E-state index in [2.05, 4.69) is 26.0 Å². The molecule has 2 atom stereocenters. The average Bonchev–Trinajstić information content (AvgIpc) is 2.86. The molecule has 0 aromatic rings. The molecule has 0 amide bonds. The summed E-state index contributed by atoms with van der Waals surface area (Å²) in [6.07, 6.45) is 19.8. The number of carboxylic acids is 1. The van der Waals surface area contributed by atoms with Crippen molar-refractivity contribution in [3.8, 4) is 0 Å². The Balaban J connectivity index is 4.60. The Morgan fingerprint density at radius 1 is 0.795 bits per heavy atom. The Labute approximate surface area is 237 Å². The number of allylic oxidation sites excluding steroid dienone is 4. The Kier molecular flexibility index (Phi) is 22.3. The first-order chi connectivity index (χ1) is 18.6. The number of ether oxygens (including phenoxy) is 3. The lowest BCUT2D eigenvalue weighted by atomic mass is 10.1. The highest BCUT2D eigenvalue weighted by Gasteiger charge is 2.31. The molecule has 0 aromatic heterocycles. The average molecular weight is 555 g/mol. The van der Waals surface area contributed by atoms with Crippen LogP contribution < -0.4 is 0 Å². The number of hydrogen-bond acceptors (Lipinski definition) is 6. The molecular weight excluding hydrogens is 498 g/mol. The number of nitrogens with zero attached hydrogens (tertiary/aromatic N) is 1. The standard InChI is InChI=1S/C31H55NO7/c1-6-8-10-12-14-16-17-19-21-29(33)38-26-27(25-37-24-23-28(31(35)36)32(3,4)5)39-30(34)22-20-18-15-13-11-9-7-2/h9,11,15,18,27-28H,6-8,10,12-14,16-17,19-26H2,1-5H3/p+1/b11-9+,18-15+. The van der Waals surface area contributed by atoms with Gasteiger partial charge in [-0.05, 0) is 25.7 Å². The van der Waals surface area contributed by atoms with Crippen LogP contribution in [-0.4, -0.2) is 80.6 Å². The summed E-state index contributed by atoms with van der Waals surface area (Å²) >= 11 is 0. The largest absolute Gasteiger partial charge is 0.477 e. The Morgan fingerprint density at radius 3 is 2.05 bits per heavy atom. The van der Waals surface area contributed by atoms with Crippen LogP contribution in [-0.2, 0) is 28.6 Å². The molecule has 1 N–H and O–H groups in total. The molecule has 0 aromatic carbocycles. The van der Waals surface area contributed by atoms with Crippen LogP contribution >= 0.6 is 0 Å². The summed E-state index contributed by atoms with van der Waals surface area (Å²) in [5.74, 6) is -1.57. The van der Waals surface area contributed by atoms with Gasteiger partial charge in [0.2, 0.25) is 0 Å². The fourth-order valence-electron chi connectivity index (χ4n) is 4.03. The quantitative estimate of drug-likeness (QED) is 0.0618. The summed E-state index contributed by atoms with van der Waals surface area (Å²) in [4.78, 5) is 36.2. The van der Waals surface area contributed by atoms with Gasteiger partial charge in [0.05, 0.1) is 34.4 Å². The minimum atomic E-state index is -0.887. The maximum absolute atomic E-state index is 12.4. The van der Waals surface area contributed by atoms with E-state index in [0.29, 0.717) is 19.3 Å². The van der Waals surface area contributed by atoms with Gasteiger partial charge in [-0.3, -0.25) is 9.59 Å². The van der Waals surface area contributed by atoms with Gasteiger partial charge >= 0.3 is 17.9 Å². The molecule has 39 heavy (non-hydrogen) atoms. The number of carboxylic acid groups (broad SMARTS) is 1. The Morgan fingerprint density at radius 2 is 1.44 bits per heavy atom. The van der Waals surface area contributed by atoms with E-state index in [-0.39, 0.29) is 42.7 Å². The highest BCUT2D eigenvalue weighted by atomic mass is 16.6. The first-order valence-electron chi connectivity index (χ1n) is 14.9. The molecule has 0 spiro atoms. The number of aliphatic carboxylic acids is 1. The fraction of sp³-hybridized carbons (Fsp3) is 0.774. The molecule has 0 radical (unpaired) electrons. The van der Waals surface area contributed by atoms with Crippen molar-refractivity contribution in [3.63, 3.8) is 0 Å². The summed E-state index contributed by atoms with van der Waals surface area (Å²) in [6.45, 7) is 4.45. The van der Waals surface area contributed by atoms with Gasteiger partial charge in [-0.1, -0.05) is 83.1 Å². The second kappa shape index (κ2) is 23.7. The summed E-state index contributed by atoms with van der Waals surface area (Å²) < 4.78 is 16.9. The lowest BCUT2D eigenvalue weighted by Crippen LogP contribution is -2.50. The molecule has 8 heteroatoms. The number of quaternary nitrogens is 1. The molecule has 8 nitrogen and oxygen atoms in total. The fourth-order valence-corrected chi connectivity index (χ4v) is 4.03. The third-order valence-electron chi connectivity index (χ3n) is 6.38. The van der Waals surface area contributed by atoms with Crippen molar-refractivity contribution in [1.82, 2.24) is 0 Å². The van der Waals surface area contributed by atoms with E-state index in [9.17, 15) is 19.5 Å². The van der Waals surface area contributed by atoms with E-state index in [4.69, 9.17) is 14.2 Å². The first kappa shape index (κ1) is 36.8. The van der Waals surface area contributed by atoms with Gasteiger partial charge in [-0.25, -0.2) is 4.79 Å². The smallest absolute Gasteiger partial charge is 0.362 e. The van der Waals surface area contributed by atoms with E-state index >= 15 is 0 Å². The lowest BCUT2D eigenvalue weighted by molar-refractivity contribution is -0.887. The normalized spacial score (nSPS) is 13.6. The molecule has 0 aliphatic heterocycles. The number of carbonyl (C=O) groups is 3. The summed E-state index contributed by atoms with van der Waals surface area (Å²) in [5.41, 5.74) is 0. The zero-order valence-corrected chi connectivity index (χ0v) is 25.3. The molecular formula is C31H56NO7+. The summed E-state index contributed by atoms with van der Waals surface area (Å²) in [7, 11) is 5.47. The monoisotopic (exact) mass is 554 g/mol. The third-order valence-corrected chi connectivity index (χ3v) is 6.38. The van der Waals surface area contributed by atoms with Crippen molar-refractivity contribution in [2.45, 2.75) is 116 Å². The minimum absolute atomic E-state index is 0.0396. The van der Waals surface area contributed by atoms with Gasteiger partial charge in [0.25, 0.3) is 0 Å². The van der Waals surface area contributed by atoms with Crippen molar-refractivity contribution >= 4 is 17.9 Å². The van der Waals surface area contributed by atoms with Crippen molar-refractivity contribution in [1.29, 1.82) is 0 Å². The highest BCUT2D eigenvalue weighted by molar-refractivity contribution is 5.72. The van der Waals surface area contributed by atoms with Crippen LogP contribution in [0.15, 0.2) is 24.3 Å². The van der Waals surface area contributed by atoms with E-state index in [1.807, 2.05) is 33.3 Å². The molecule has 226 valence electrons. The maximum Gasteiger partial charge on any atom is 0.362 e. The zero-order chi connectivity index (χ0) is 29.4. The maximum atomic E-state index is 12.4. The van der Waals surface area contributed by atoms with E-state index in [1.54, 1.807) is 0 Å². The van der Waals surface area contributed by atoms with E-state index in [0.717, 1.165) is 32.1 Å². The summed E-state index contributed by atoms with van der Waals surface area (Å²) in [6, 6.07) is -0.616. The van der Waals surface area contributed by atoms with Crippen LogP contribution in [0.5, 0.6) is 0 Å². The molecule has 0 saturated carbocycles. The minimum Gasteiger partial charge on any atom is -0.477 e.